The number of ketones is 1. The van der Waals surface area contributed by atoms with Gasteiger partial charge in [-0.25, -0.2) is 24.0 Å². The number of rotatable bonds is 6. The molecule has 8 rings (SSSR count). The lowest BCUT2D eigenvalue weighted by Gasteiger charge is -2.50. The smallest absolute Gasteiger partial charge is 0.340 e. The largest absolute Gasteiger partial charge is 0.504 e. The first kappa shape index (κ1) is 45.6. The summed E-state index contributed by atoms with van der Waals surface area (Å²) < 4.78 is 38.6. The number of hydrogen-bond donors (Lipinski definition) is 14. The summed E-state index contributed by atoms with van der Waals surface area (Å²) in [6.07, 6.45) is -12.2. The van der Waals surface area contributed by atoms with Crippen molar-refractivity contribution in [1.82, 2.24) is 0 Å². The van der Waals surface area contributed by atoms with Crippen LogP contribution in [0.3, 0.4) is 0 Å². The van der Waals surface area contributed by atoms with Crippen molar-refractivity contribution in [1.29, 1.82) is 0 Å². The van der Waals surface area contributed by atoms with Gasteiger partial charge < -0.3 is 105 Å². The summed E-state index contributed by atoms with van der Waals surface area (Å²) in [5, 5.41) is 146. The molecule has 3 heterocycles. The molecule has 4 aromatic carbocycles. The number of aromatic hydroxyl groups is 11. The SMILES string of the molecule is O=C1OC2C(OC(=O)c3cc(O)c(O)c(O)c3)C(COC(=O)c3cc(O)c(O)c4c3C3C1=CC(=O)C(O)(O4)C3(O)O)OC(OC(=O)c1cc(O)c(O)c(O)c1)C2OC(=O)c1cc(O)c(O)c(O)c1. The van der Waals surface area contributed by atoms with Gasteiger partial charge in [-0.15, -0.1) is 0 Å². The highest BCUT2D eigenvalue weighted by molar-refractivity contribution is 6.08. The predicted octanol–water partition coefficient (Wildman–Crippen LogP) is -1.08. The van der Waals surface area contributed by atoms with E-state index in [1.54, 1.807) is 0 Å². The van der Waals surface area contributed by atoms with E-state index in [0.717, 1.165) is 0 Å². The van der Waals surface area contributed by atoms with Gasteiger partial charge in [0.05, 0.1) is 33.7 Å². The zero-order valence-corrected chi connectivity index (χ0v) is 33.4. The van der Waals surface area contributed by atoms with Gasteiger partial charge in [0.25, 0.3) is 5.79 Å². The van der Waals surface area contributed by atoms with E-state index in [1.807, 2.05) is 0 Å². The molecule has 0 amide bonds. The number of phenols is 11. The fraction of sp³-hybridized carbons (Fsp3) is 0.220. The third-order valence-corrected chi connectivity index (χ3v) is 10.9. The van der Waals surface area contributed by atoms with Gasteiger partial charge >= 0.3 is 35.6 Å². The normalized spacial score (nSPS) is 24.6. The van der Waals surface area contributed by atoms with Crippen molar-refractivity contribution in [2.75, 3.05) is 6.61 Å². The van der Waals surface area contributed by atoms with E-state index in [2.05, 4.69) is 0 Å². The molecule has 27 heteroatoms. The third-order valence-electron chi connectivity index (χ3n) is 10.9. The topological polar surface area (TPSA) is 450 Å². The van der Waals surface area contributed by atoms with E-state index in [9.17, 15) is 100 Å². The maximum atomic E-state index is 14.7. The van der Waals surface area contributed by atoms with Gasteiger partial charge in [0.1, 0.15) is 12.7 Å². The lowest BCUT2D eigenvalue weighted by atomic mass is 9.70. The summed E-state index contributed by atoms with van der Waals surface area (Å²) in [6, 6.07) is 3.72. The number of aliphatic hydroxyl groups is 3. The Hall–Kier alpha value is -8.92. The molecule has 3 aliphatic heterocycles. The molecule has 356 valence electrons. The Morgan fingerprint density at radius 1 is 0.574 bits per heavy atom. The lowest BCUT2D eigenvalue weighted by Crippen LogP contribution is -2.70. The standard InChI is InChI=1S/C41H30O27/c42-15-1-10(2-16(43)26(15)50)34(54)64-30-22-9-62-37(57)13-7-21(48)29(53)31-24(13)25-14(8-23(49)41(61,68-31)40(25,59)60)38(58)65-32(30)33(66-35(55)11-3-17(44)27(51)18(45)4-11)39(63-22)67-36(56)12-5-19(46)28(52)20(47)6-12/h1-8,22,25,30,32-33,39,42-48,50-53,59-61H,9H2. The Morgan fingerprint density at radius 3 is 1.50 bits per heavy atom. The highest BCUT2D eigenvalue weighted by Crippen LogP contribution is 2.58. The zero-order chi connectivity index (χ0) is 49.6. The fourth-order valence-corrected chi connectivity index (χ4v) is 7.59. The van der Waals surface area contributed by atoms with Gasteiger partial charge in [-0.3, -0.25) is 4.79 Å². The van der Waals surface area contributed by atoms with E-state index in [1.165, 1.54) is 0 Å². The summed E-state index contributed by atoms with van der Waals surface area (Å²) in [5.41, 5.74) is -5.58. The van der Waals surface area contributed by atoms with Gasteiger partial charge in [0.15, 0.2) is 75.5 Å². The molecular weight excluding hydrogens is 924 g/mol. The summed E-state index contributed by atoms with van der Waals surface area (Å²) in [7, 11) is 0. The minimum absolute atomic E-state index is 0.218. The summed E-state index contributed by atoms with van der Waals surface area (Å²) >= 11 is 0. The number of carbonyl (C=O) groups is 6. The average Bonchev–Trinajstić information content (AvgIpc) is 3.27. The Labute approximate surface area is 374 Å². The van der Waals surface area contributed by atoms with Crippen LogP contribution in [0.5, 0.6) is 69.0 Å². The first-order valence-corrected chi connectivity index (χ1v) is 19.0. The van der Waals surface area contributed by atoms with Crippen molar-refractivity contribution >= 4 is 35.6 Å². The van der Waals surface area contributed by atoms with Crippen molar-refractivity contribution in [3.63, 3.8) is 0 Å². The van der Waals surface area contributed by atoms with Gasteiger partial charge in [0, 0.05) is 5.56 Å². The van der Waals surface area contributed by atoms with Crippen molar-refractivity contribution < 1.29 is 133 Å². The molecule has 0 saturated carbocycles. The van der Waals surface area contributed by atoms with Crippen molar-refractivity contribution in [2.45, 2.75) is 48.2 Å². The Balaban J connectivity index is 1.33. The Morgan fingerprint density at radius 2 is 1.01 bits per heavy atom. The number of fused-ring (bicyclic) bond motifs is 3. The third kappa shape index (κ3) is 7.18. The summed E-state index contributed by atoms with van der Waals surface area (Å²) in [6.45, 7) is -1.29. The molecule has 68 heavy (non-hydrogen) atoms. The van der Waals surface area contributed by atoms with Crippen LogP contribution in [0.1, 0.15) is 52.9 Å². The van der Waals surface area contributed by atoms with Gasteiger partial charge in [0.2, 0.25) is 23.9 Å². The molecule has 0 spiro atoms. The van der Waals surface area contributed by atoms with E-state index < -0.39 is 193 Å². The summed E-state index contributed by atoms with van der Waals surface area (Å²) in [5.74, 6) is -34.6. The predicted molar refractivity (Wildman–Crippen MR) is 205 cm³/mol. The quantitative estimate of drug-likeness (QED) is 0.0473. The van der Waals surface area contributed by atoms with Gasteiger partial charge in [-0.1, -0.05) is 0 Å². The first-order chi connectivity index (χ1) is 31.8. The molecule has 4 aliphatic rings. The molecule has 1 aliphatic carbocycles. The number of benzene rings is 4. The van der Waals surface area contributed by atoms with Crippen LogP contribution in [0.25, 0.3) is 0 Å². The molecule has 14 N–H and O–H groups in total. The second-order valence-corrected chi connectivity index (χ2v) is 15.1. The van der Waals surface area contributed by atoms with Crippen LogP contribution < -0.4 is 4.74 Å². The molecule has 1 fully saturated rings. The highest BCUT2D eigenvalue weighted by Gasteiger charge is 2.70. The van der Waals surface area contributed by atoms with Crippen molar-refractivity contribution in [3.8, 4) is 69.0 Å². The van der Waals surface area contributed by atoms with Crippen molar-refractivity contribution in [3.05, 3.63) is 81.9 Å². The van der Waals surface area contributed by atoms with Crippen molar-refractivity contribution in [2.24, 2.45) is 0 Å². The second kappa shape index (κ2) is 15.9. The van der Waals surface area contributed by atoms with Gasteiger partial charge in [-0.2, -0.15) is 0 Å². The fourth-order valence-electron chi connectivity index (χ4n) is 7.59. The average molecular weight is 955 g/mol. The van der Waals surface area contributed by atoms with Crippen LogP contribution in [0.2, 0.25) is 0 Å². The number of ether oxygens (including phenoxy) is 7. The molecular formula is C41H30O27. The van der Waals surface area contributed by atoms with E-state index in [0.29, 0.717) is 42.5 Å². The van der Waals surface area contributed by atoms with Crippen LogP contribution in [0.15, 0.2) is 54.1 Å². The van der Waals surface area contributed by atoms with Crippen LogP contribution in [0.4, 0.5) is 0 Å². The van der Waals surface area contributed by atoms with Crippen LogP contribution in [-0.2, 0) is 38.0 Å². The van der Waals surface area contributed by atoms with E-state index in [-0.39, 0.29) is 6.08 Å². The minimum Gasteiger partial charge on any atom is -0.504 e. The van der Waals surface area contributed by atoms with E-state index in [4.69, 9.17) is 33.2 Å². The molecule has 7 atom stereocenters. The highest BCUT2D eigenvalue weighted by atomic mass is 16.7. The van der Waals surface area contributed by atoms with Gasteiger partial charge in [-0.05, 0) is 48.5 Å². The number of hydrogen-bond acceptors (Lipinski definition) is 27. The molecule has 4 bridgehead atoms. The van der Waals surface area contributed by atoms with E-state index >= 15 is 0 Å². The number of cyclic esters (lactones) is 1. The Bertz CT molecular complexity index is 2870. The molecule has 0 radical (unpaired) electrons. The second-order valence-electron chi connectivity index (χ2n) is 15.1. The number of esters is 5. The number of carbonyl (C=O) groups excluding carboxylic acids is 6. The monoisotopic (exact) mass is 954 g/mol. The lowest BCUT2D eigenvalue weighted by molar-refractivity contribution is -0.339. The molecule has 1 saturated heterocycles. The zero-order valence-electron chi connectivity index (χ0n) is 33.4. The maximum Gasteiger partial charge on any atom is 0.340 e. The Kier molecular flexibility index (Phi) is 10.7. The van der Waals surface area contributed by atoms with Crippen LogP contribution >= 0.6 is 0 Å². The first-order valence-electron chi connectivity index (χ1n) is 19.0. The molecule has 7 unspecified atom stereocenters. The van der Waals surface area contributed by atoms with Crippen LogP contribution in [-0.4, -0.2) is 156 Å². The maximum absolute atomic E-state index is 14.7. The molecule has 27 nitrogen and oxygen atoms in total. The summed E-state index contributed by atoms with van der Waals surface area (Å²) in [4.78, 5) is 83.7. The number of phenolic OH excluding ortho intramolecular Hbond substituents is 11. The van der Waals surface area contributed by atoms with Crippen LogP contribution in [0, 0.1) is 0 Å². The minimum atomic E-state index is -4.01. The molecule has 4 aromatic rings. The molecule has 0 aromatic heterocycles.